The number of hydrogen-bond acceptors (Lipinski definition) is 0. The topological polar surface area (TPSA) is 0 Å². The molecule has 1 fully saturated rings. The number of hydrogen-bond donors (Lipinski definition) is 0. The van der Waals surface area contributed by atoms with E-state index in [0.717, 1.165) is 16.1 Å². The molecule has 0 radical (unpaired) electrons. The van der Waals surface area contributed by atoms with E-state index in [9.17, 15) is 8.78 Å². The van der Waals surface area contributed by atoms with Gasteiger partial charge in [0.1, 0.15) is 0 Å². The number of alkyl halides is 2. The third kappa shape index (κ3) is 4.82. The molecule has 0 heterocycles. The summed E-state index contributed by atoms with van der Waals surface area (Å²) in [6.07, 6.45) is 0.219. The van der Waals surface area contributed by atoms with E-state index in [1.807, 2.05) is 36.4 Å². The molecule has 1 aliphatic carbocycles. The van der Waals surface area contributed by atoms with Crippen molar-refractivity contribution in [3.8, 4) is 0 Å². The molecular formula is C18H16Cl2F2. The summed E-state index contributed by atoms with van der Waals surface area (Å²) in [6, 6.07) is 14.7. The molecule has 0 aliphatic heterocycles. The highest BCUT2D eigenvalue weighted by Gasteiger charge is 2.44. The summed E-state index contributed by atoms with van der Waals surface area (Å²) < 4.78 is 24.4. The van der Waals surface area contributed by atoms with Crippen molar-refractivity contribution in [2.45, 2.75) is 18.8 Å². The van der Waals surface area contributed by atoms with Crippen LogP contribution in [0.5, 0.6) is 0 Å². The maximum Gasteiger partial charge on any atom is 0.242 e. The van der Waals surface area contributed by atoms with Crippen LogP contribution >= 0.6 is 23.2 Å². The van der Waals surface area contributed by atoms with E-state index in [2.05, 4.69) is 6.58 Å². The summed E-state index contributed by atoms with van der Waals surface area (Å²) in [6.45, 7) is 3.62. The number of halogens is 4. The molecule has 2 aromatic rings. The van der Waals surface area contributed by atoms with Gasteiger partial charge in [-0.3, -0.25) is 0 Å². The van der Waals surface area contributed by atoms with Crippen LogP contribution in [-0.2, 0) is 0 Å². The molecule has 4 heteroatoms. The van der Waals surface area contributed by atoms with Crippen LogP contribution < -0.4 is 0 Å². The van der Waals surface area contributed by atoms with E-state index in [1.165, 1.54) is 0 Å². The third-order valence-corrected chi connectivity index (χ3v) is 4.07. The van der Waals surface area contributed by atoms with Gasteiger partial charge in [0.05, 0.1) is 0 Å². The van der Waals surface area contributed by atoms with E-state index in [1.54, 1.807) is 18.2 Å². The first-order chi connectivity index (χ1) is 10.5. The Morgan fingerprint density at radius 1 is 0.955 bits per heavy atom. The van der Waals surface area contributed by atoms with Crippen molar-refractivity contribution in [3.63, 3.8) is 0 Å². The maximum absolute atomic E-state index is 12.2. The van der Waals surface area contributed by atoms with Gasteiger partial charge in [-0.2, -0.15) is 0 Å². The molecule has 0 nitrogen and oxygen atoms in total. The highest BCUT2D eigenvalue weighted by atomic mass is 35.5. The molecule has 1 aliphatic rings. The van der Waals surface area contributed by atoms with Gasteiger partial charge in [-0.1, -0.05) is 60.1 Å². The molecule has 0 aromatic heterocycles. The molecule has 0 amide bonds. The fourth-order valence-corrected chi connectivity index (χ4v) is 2.44. The summed E-state index contributed by atoms with van der Waals surface area (Å²) in [7, 11) is 0. The van der Waals surface area contributed by atoms with Crippen molar-refractivity contribution < 1.29 is 8.78 Å². The zero-order chi connectivity index (χ0) is 16.1. The van der Waals surface area contributed by atoms with Crippen LogP contribution in [-0.4, -0.2) is 6.43 Å². The average molecular weight is 341 g/mol. The maximum atomic E-state index is 12.2. The molecule has 1 saturated carbocycles. The first-order valence-corrected chi connectivity index (χ1v) is 7.68. The van der Waals surface area contributed by atoms with Crippen molar-refractivity contribution in [3.05, 3.63) is 76.3 Å². The summed E-state index contributed by atoms with van der Waals surface area (Å²) in [5.41, 5.74) is 2.08. The smallest absolute Gasteiger partial charge is 0.210 e. The zero-order valence-electron chi connectivity index (χ0n) is 11.9. The van der Waals surface area contributed by atoms with Gasteiger partial charge in [-0.05, 0) is 47.7 Å². The van der Waals surface area contributed by atoms with Crippen LogP contribution in [0.2, 0.25) is 10.0 Å². The van der Waals surface area contributed by atoms with Crippen molar-refractivity contribution in [2.24, 2.45) is 5.92 Å². The minimum absolute atomic E-state index is 0.0530. The summed E-state index contributed by atoms with van der Waals surface area (Å²) >= 11 is 11.3. The lowest BCUT2D eigenvalue weighted by Gasteiger charge is -1.99. The van der Waals surface area contributed by atoms with E-state index in [0.29, 0.717) is 11.4 Å². The molecule has 116 valence electrons. The quantitative estimate of drug-likeness (QED) is 0.583. The molecule has 0 N–H and O–H groups in total. The van der Waals surface area contributed by atoms with Gasteiger partial charge in [0.2, 0.25) is 6.43 Å². The highest BCUT2D eigenvalue weighted by molar-refractivity contribution is 6.30. The first kappa shape index (κ1) is 17.0. The highest BCUT2D eigenvalue weighted by Crippen LogP contribution is 2.50. The van der Waals surface area contributed by atoms with Gasteiger partial charge >= 0.3 is 0 Å². The van der Waals surface area contributed by atoms with Crippen LogP contribution in [0.3, 0.4) is 0 Å². The Balaban J connectivity index is 0.000000172. The predicted octanol–water partition coefficient (Wildman–Crippen LogP) is 6.69. The fourth-order valence-electron chi connectivity index (χ4n) is 2.19. The van der Waals surface area contributed by atoms with Crippen LogP contribution in [0.1, 0.15) is 23.5 Å². The van der Waals surface area contributed by atoms with E-state index < -0.39 is 12.3 Å². The lowest BCUT2D eigenvalue weighted by atomic mass is 10.1. The Labute approximate surface area is 139 Å². The van der Waals surface area contributed by atoms with Crippen molar-refractivity contribution in [1.82, 2.24) is 0 Å². The van der Waals surface area contributed by atoms with Crippen LogP contribution in [0.25, 0.3) is 6.08 Å². The molecule has 2 atom stereocenters. The Bertz CT molecular complexity index is 606. The Morgan fingerprint density at radius 3 is 1.86 bits per heavy atom. The van der Waals surface area contributed by atoms with E-state index in [4.69, 9.17) is 23.2 Å². The normalized spacial score (nSPS) is 19.3. The van der Waals surface area contributed by atoms with Crippen LogP contribution in [0.15, 0.2) is 55.1 Å². The minimum Gasteiger partial charge on any atom is -0.210 e. The predicted molar refractivity (Wildman–Crippen MR) is 89.8 cm³/mol. The second-order valence-electron chi connectivity index (χ2n) is 5.15. The van der Waals surface area contributed by atoms with Gasteiger partial charge in [0, 0.05) is 16.0 Å². The Morgan fingerprint density at radius 2 is 1.45 bits per heavy atom. The minimum atomic E-state index is -2.18. The summed E-state index contributed by atoms with van der Waals surface area (Å²) in [4.78, 5) is 0. The molecular weight excluding hydrogens is 325 g/mol. The largest absolute Gasteiger partial charge is 0.242 e. The molecule has 0 bridgehead atoms. The van der Waals surface area contributed by atoms with Crippen molar-refractivity contribution in [1.29, 1.82) is 0 Å². The zero-order valence-corrected chi connectivity index (χ0v) is 13.4. The SMILES string of the molecule is C=Cc1ccc(Cl)cc1.FC(F)C1CC1c1ccc(Cl)cc1. The molecule has 3 rings (SSSR count). The first-order valence-electron chi connectivity index (χ1n) is 6.93. The van der Waals surface area contributed by atoms with Gasteiger partial charge in [-0.25, -0.2) is 8.78 Å². The Hall–Kier alpha value is -1.38. The van der Waals surface area contributed by atoms with E-state index >= 15 is 0 Å². The second-order valence-corrected chi connectivity index (χ2v) is 6.02. The molecule has 0 spiro atoms. The summed E-state index contributed by atoms with van der Waals surface area (Å²) in [5.74, 6) is -0.376. The molecule has 2 unspecified atom stereocenters. The van der Waals surface area contributed by atoms with Gasteiger partial charge in [0.25, 0.3) is 0 Å². The van der Waals surface area contributed by atoms with Gasteiger partial charge < -0.3 is 0 Å². The molecule has 2 aromatic carbocycles. The molecule has 22 heavy (non-hydrogen) atoms. The lowest BCUT2D eigenvalue weighted by molar-refractivity contribution is 0.120. The standard InChI is InChI=1S/C10H9ClF2.C8H7Cl/c11-7-3-1-6(2-4-7)8-5-9(8)10(12)13;1-2-7-3-5-8(9)6-4-7/h1-4,8-10H,5H2;2-6H,1H2. The Kier molecular flexibility index (Phi) is 5.98. The average Bonchev–Trinajstić information content (AvgIpc) is 3.30. The molecule has 0 saturated heterocycles. The number of rotatable bonds is 3. The van der Waals surface area contributed by atoms with Gasteiger partial charge in [0.15, 0.2) is 0 Å². The van der Waals surface area contributed by atoms with Crippen molar-refractivity contribution >= 4 is 29.3 Å². The van der Waals surface area contributed by atoms with Crippen molar-refractivity contribution in [2.75, 3.05) is 0 Å². The second kappa shape index (κ2) is 7.75. The third-order valence-electron chi connectivity index (χ3n) is 3.57. The number of benzene rings is 2. The monoisotopic (exact) mass is 340 g/mol. The van der Waals surface area contributed by atoms with E-state index in [-0.39, 0.29) is 5.92 Å². The van der Waals surface area contributed by atoms with Crippen LogP contribution in [0.4, 0.5) is 8.78 Å². The fraction of sp³-hybridized carbons (Fsp3) is 0.222. The summed E-state index contributed by atoms with van der Waals surface area (Å²) in [5, 5.41) is 1.42. The lowest BCUT2D eigenvalue weighted by Crippen LogP contribution is -1.94. The van der Waals surface area contributed by atoms with Crippen LogP contribution in [0, 0.1) is 5.92 Å². The van der Waals surface area contributed by atoms with Gasteiger partial charge in [-0.15, -0.1) is 0 Å².